The summed E-state index contributed by atoms with van der Waals surface area (Å²) in [5, 5.41) is 4.03. The summed E-state index contributed by atoms with van der Waals surface area (Å²) in [5.74, 6) is -0.712. The average molecular weight is 350 g/mol. The number of carbonyl (C=O) groups is 1. The molecule has 130 valence electrons. The van der Waals surface area contributed by atoms with Gasteiger partial charge in [0, 0.05) is 30.4 Å². The van der Waals surface area contributed by atoms with E-state index in [0.29, 0.717) is 11.1 Å². The quantitative estimate of drug-likeness (QED) is 0.593. The number of rotatable bonds is 4. The zero-order valence-corrected chi connectivity index (χ0v) is 13.7. The van der Waals surface area contributed by atoms with Crippen LogP contribution >= 0.6 is 0 Å². The van der Waals surface area contributed by atoms with Crippen molar-refractivity contribution in [2.24, 2.45) is 0 Å². The Morgan fingerprint density at radius 2 is 2.08 bits per heavy atom. The first-order valence-corrected chi connectivity index (χ1v) is 8.12. The summed E-state index contributed by atoms with van der Waals surface area (Å²) < 4.78 is 14.7. The highest BCUT2D eigenvalue weighted by molar-refractivity contribution is 5.97. The average Bonchev–Trinajstić information content (AvgIpc) is 3.11. The molecule has 0 saturated carbocycles. The molecule has 0 bridgehead atoms. The smallest absolute Gasteiger partial charge is 0.261 e. The Balaban J connectivity index is 1.47. The van der Waals surface area contributed by atoms with Crippen LogP contribution in [0.4, 0.5) is 4.39 Å². The molecule has 0 fully saturated rings. The second-order valence-electron chi connectivity index (χ2n) is 5.94. The molecule has 2 N–H and O–H groups in total. The standard InChI is InChI=1S/C19H15FN4O2/c20-14-3-4-16-15(10-14)19(26)24(11-23-16)8-7-22-18(25)13-2-1-12-5-6-21-17(12)9-13/h1-6,9-11,21H,7-8H2,(H,22,25). The van der Waals surface area contributed by atoms with Crippen LogP contribution in [0.15, 0.2) is 59.8 Å². The lowest BCUT2D eigenvalue weighted by molar-refractivity contribution is 0.0952. The number of nitrogens with one attached hydrogen (secondary N) is 2. The highest BCUT2D eigenvalue weighted by Gasteiger charge is 2.08. The van der Waals surface area contributed by atoms with Crippen molar-refractivity contribution in [3.8, 4) is 0 Å². The molecule has 0 radical (unpaired) electrons. The van der Waals surface area contributed by atoms with Crippen molar-refractivity contribution >= 4 is 27.7 Å². The maximum absolute atomic E-state index is 13.3. The van der Waals surface area contributed by atoms with Crippen molar-refractivity contribution in [1.82, 2.24) is 19.9 Å². The van der Waals surface area contributed by atoms with Crippen LogP contribution in [0, 0.1) is 5.82 Å². The number of H-pyrrole nitrogens is 1. The maximum atomic E-state index is 13.3. The van der Waals surface area contributed by atoms with Crippen LogP contribution in [0.1, 0.15) is 10.4 Å². The fourth-order valence-electron chi connectivity index (χ4n) is 2.87. The molecule has 2 heterocycles. The minimum Gasteiger partial charge on any atom is -0.361 e. The van der Waals surface area contributed by atoms with Crippen molar-refractivity contribution in [3.63, 3.8) is 0 Å². The van der Waals surface area contributed by atoms with E-state index < -0.39 is 5.82 Å². The molecule has 26 heavy (non-hydrogen) atoms. The summed E-state index contributed by atoms with van der Waals surface area (Å²) in [5.41, 5.74) is 1.52. The summed E-state index contributed by atoms with van der Waals surface area (Å²) in [4.78, 5) is 31.9. The maximum Gasteiger partial charge on any atom is 0.261 e. The van der Waals surface area contributed by atoms with Gasteiger partial charge >= 0.3 is 0 Å². The summed E-state index contributed by atoms with van der Waals surface area (Å²) in [6, 6.07) is 11.2. The molecule has 0 aliphatic heterocycles. The molecule has 0 aliphatic carbocycles. The van der Waals surface area contributed by atoms with Crippen LogP contribution < -0.4 is 10.9 Å². The fourth-order valence-corrected chi connectivity index (χ4v) is 2.87. The molecule has 0 spiro atoms. The molecule has 4 rings (SSSR count). The Bertz CT molecular complexity index is 1180. The number of benzene rings is 2. The van der Waals surface area contributed by atoms with E-state index in [1.807, 2.05) is 18.3 Å². The van der Waals surface area contributed by atoms with Crippen LogP contribution in [-0.2, 0) is 6.54 Å². The largest absolute Gasteiger partial charge is 0.361 e. The Kier molecular flexibility index (Phi) is 3.96. The molecule has 0 unspecified atom stereocenters. The van der Waals surface area contributed by atoms with Gasteiger partial charge in [-0.2, -0.15) is 0 Å². The number of fused-ring (bicyclic) bond motifs is 2. The fraction of sp³-hybridized carbons (Fsp3) is 0.105. The summed E-state index contributed by atoms with van der Waals surface area (Å²) in [7, 11) is 0. The van der Waals surface area contributed by atoms with E-state index >= 15 is 0 Å². The highest BCUT2D eigenvalue weighted by Crippen LogP contribution is 2.14. The van der Waals surface area contributed by atoms with Crippen molar-refractivity contribution in [2.75, 3.05) is 6.54 Å². The van der Waals surface area contributed by atoms with E-state index in [1.165, 1.54) is 29.1 Å². The van der Waals surface area contributed by atoms with Crippen LogP contribution in [0.25, 0.3) is 21.8 Å². The molecular formula is C19H15FN4O2. The molecule has 0 saturated heterocycles. The van der Waals surface area contributed by atoms with Crippen molar-refractivity contribution in [1.29, 1.82) is 0 Å². The van der Waals surface area contributed by atoms with Gasteiger partial charge in [-0.25, -0.2) is 9.37 Å². The lowest BCUT2D eigenvalue weighted by Gasteiger charge is -2.08. The zero-order valence-electron chi connectivity index (χ0n) is 13.7. The zero-order chi connectivity index (χ0) is 18.1. The Labute approximate surface area is 147 Å². The Morgan fingerprint density at radius 3 is 2.96 bits per heavy atom. The number of amides is 1. The van der Waals surface area contributed by atoms with Gasteiger partial charge in [-0.05, 0) is 41.8 Å². The van der Waals surface area contributed by atoms with Gasteiger partial charge in [0.15, 0.2) is 0 Å². The molecule has 2 aromatic heterocycles. The predicted molar refractivity (Wildman–Crippen MR) is 96.6 cm³/mol. The first-order valence-electron chi connectivity index (χ1n) is 8.12. The molecule has 0 aliphatic rings. The highest BCUT2D eigenvalue weighted by atomic mass is 19.1. The second-order valence-corrected chi connectivity index (χ2v) is 5.94. The van der Waals surface area contributed by atoms with Gasteiger partial charge in [0.2, 0.25) is 0 Å². The van der Waals surface area contributed by atoms with Crippen LogP contribution in [0.3, 0.4) is 0 Å². The van der Waals surface area contributed by atoms with Crippen molar-refractivity contribution < 1.29 is 9.18 Å². The van der Waals surface area contributed by atoms with Crippen molar-refractivity contribution in [2.45, 2.75) is 6.54 Å². The molecular weight excluding hydrogens is 335 g/mol. The molecule has 0 atom stereocenters. The van der Waals surface area contributed by atoms with Gasteiger partial charge in [0.1, 0.15) is 5.82 Å². The number of aromatic nitrogens is 3. The van der Waals surface area contributed by atoms with E-state index in [2.05, 4.69) is 15.3 Å². The first kappa shape index (κ1) is 16.0. The number of carbonyl (C=O) groups excluding carboxylic acids is 1. The summed E-state index contributed by atoms with van der Waals surface area (Å²) in [6.07, 6.45) is 3.22. The topological polar surface area (TPSA) is 79.8 Å². The number of hydrogen-bond acceptors (Lipinski definition) is 3. The van der Waals surface area contributed by atoms with E-state index in [1.54, 1.807) is 12.1 Å². The normalized spacial score (nSPS) is 11.1. The van der Waals surface area contributed by atoms with Gasteiger partial charge in [0.05, 0.1) is 17.2 Å². The third-order valence-corrected chi connectivity index (χ3v) is 4.24. The van der Waals surface area contributed by atoms with Crippen LogP contribution in [0.5, 0.6) is 0 Å². The number of aromatic amines is 1. The number of halogens is 1. The van der Waals surface area contributed by atoms with Gasteiger partial charge in [-0.1, -0.05) is 6.07 Å². The third kappa shape index (κ3) is 2.95. The van der Waals surface area contributed by atoms with Crippen LogP contribution in [-0.4, -0.2) is 27.0 Å². The Hall–Kier alpha value is -3.48. The monoisotopic (exact) mass is 350 g/mol. The molecule has 2 aromatic carbocycles. The Morgan fingerprint density at radius 1 is 1.19 bits per heavy atom. The van der Waals surface area contributed by atoms with E-state index in [0.717, 1.165) is 10.9 Å². The number of hydrogen-bond donors (Lipinski definition) is 2. The molecule has 1 amide bonds. The lowest BCUT2D eigenvalue weighted by atomic mass is 10.1. The SMILES string of the molecule is O=C(NCCn1cnc2ccc(F)cc2c1=O)c1ccc2cc[nH]c2c1. The minimum atomic E-state index is -0.484. The van der Waals surface area contributed by atoms with Gasteiger partial charge < -0.3 is 10.3 Å². The van der Waals surface area contributed by atoms with Gasteiger partial charge in [0.25, 0.3) is 11.5 Å². The van der Waals surface area contributed by atoms with Crippen molar-refractivity contribution in [3.05, 3.63) is 76.7 Å². The molecule has 7 heteroatoms. The number of nitrogens with zero attached hydrogens (tertiary/aromatic N) is 2. The van der Waals surface area contributed by atoms with Crippen LogP contribution in [0.2, 0.25) is 0 Å². The first-order chi connectivity index (χ1) is 12.6. The summed E-state index contributed by atoms with van der Waals surface area (Å²) in [6.45, 7) is 0.499. The van der Waals surface area contributed by atoms with E-state index in [4.69, 9.17) is 0 Å². The minimum absolute atomic E-state index is 0.219. The van der Waals surface area contributed by atoms with Gasteiger partial charge in [-0.15, -0.1) is 0 Å². The lowest BCUT2D eigenvalue weighted by Crippen LogP contribution is -2.31. The summed E-state index contributed by atoms with van der Waals surface area (Å²) >= 11 is 0. The van der Waals surface area contributed by atoms with Gasteiger partial charge in [-0.3, -0.25) is 14.2 Å². The predicted octanol–water partition coefficient (Wildman–Crippen LogP) is 2.45. The molecule has 6 nitrogen and oxygen atoms in total. The second kappa shape index (κ2) is 6.44. The van der Waals surface area contributed by atoms with E-state index in [-0.39, 0.29) is 29.9 Å². The molecule has 4 aromatic rings. The van der Waals surface area contributed by atoms with E-state index in [9.17, 15) is 14.0 Å². The third-order valence-electron chi connectivity index (χ3n) is 4.24.